The van der Waals surface area contributed by atoms with Crippen molar-refractivity contribution in [3.63, 3.8) is 0 Å². The number of hydrogen-bond donors (Lipinski definition) is 2. The van der Waals surface area contributed by atoms with Gasteiger partial charge < -0.3 is 16.0 Å². The Morgan fingerprint density at radius 2 is 2.11 bits per heavy atom. The van der Waals surface area contributed by atoms with Crippen LogP contribution in [0.4, 0.5) is 5.69 Å². The van der Waals surface area contributed by atoms with Crippen molar-refractivity contribution in [3.05, 3.63) is 47.3 Å². The van der Waals surface area contributed by atoms with Gasteiger partial charge in [-0.2, -0.15) is 0 Å². The minimum atomic E-state index is -0.204. The lowest BCUT2D eigenvalue weighted by Crippen LogP contribution is -2.43. The summed E-state index contributed by atoms with van der Waals surface area (Å²) in [7, 11) is 1.83. The Kier molecular flexibility index (Phi) is 4.89. The number of aryl methyl sites for hydroxylation is 1. The number of anilines is 1. The summed E-state index contributed by atoms with van der Waals surface area (Å²) in [4.78, 5) is 30.1. The maximum absolute atomic E-state index is 12.0. The fourth-order valence-electron chi connectivity index (χ4n) is 4.29. The number of carbonyl (C=O) groups excluding carboxylic acids is 2. The molecule has 1 aliphatic heterocycles. The molecule has 28 heavy (non-hydrogen) atoms. The van der Waals surface area contributed by atoms with Crippen molar-refractivity contribution in [3.8, 4) is 11.1 Å². The van der Waals surface area contributed by atoms with E-state index in [1.165, 1.54) is 11.1 Å². The first-order valence-electron chi connectivity index (χ1n) is 9.91. The maximum Gasteiger partial charge on any atom is 0.227 e. The molecule has 2 heterocycles. The first kappa shape index (κ1) is 18.6. The van der Waals surface area contributed by atoms with Crippen molar-refractivity contribution >= 4 is 17.5 Å². The lowest BCUT2D eigenvalue weighted by Gasteiger charge is -2.33. The highest BCUT2D eigenvalue weighted by atomic mass is 16.2. The van der Waals surface area contributed by atoms with Gasteiger partial charge in [-0.1, -0.05) is 13.0 Å². The Bertz CT molecular complexity index is 940. The summed E-state index contributed by atoms with van der Waals surface area (Å²) in [5.74, 6) is 0.155. The van der Waals surface area contributed by atoms with Gasteiger partial charge in [0.05, 0.1) is 6.04 Å². The molecular formula is C22H26N4O2. The van der Waals surface area contributed by atoms with Crippen LogP contribution in [0.1, 0.15) is 48.9 Å². The second kappa shape index (κ2) is 7.36. The predicted octanol–water partition coefficient (Wildman–Crippen LogP) is 2.50. The molecular weight excluding hydrogens is 352 g/mol. The number of nitrogens with two attached hydrogens (primary N) is 1. The molecule has 3 N–H and O–H groups in total. The van der Waals surface area contributed by atoms with Crippen LogP contribution in [0.15, 0.2) is 30.6 Å². The van der Waals surface area contributed by atoms with Crippen molar-refractivity contribution in [2.45, 2.75) is 51.1 Å². The zero-order valence-corrected chi connectivity index (χ0v) is 16.4. The fraction of sp³-hybridized carbons (Fsp3) is 0.409. The first-order chi connectivity index (χ1) is 13.5. The standard InChI is InChI=1S/C22H26N4O2/c1-3-20(27)25-22-17-12-24-11-16(15(17)6-7-18(22)23)13-4-8-19-14(10-13)5-9-21(28)26(19)2/h4,8,10-12,18,22H,3,5-7,9,23H2,1-2H3,(H,25,27)/t18-,22+/m0/s1. The van der Waals surface area contributed by atoms with Crippen LogP contribution in [0.25, 0.3) is 11.1 Å². The molecule has 1 aliphatic carbocycles. The molecule has 0 unspecified atom stereocenters. The highest BCUT2D eigenvalue weighted by Gasteiger charge is 2.30. The van der Waals surface area contributed by atoms with Gasteiger partial charge in [-0.25, -0.2) is 0 Å². The van der Waals surface area contributed by atoms with Crippen LogP contribution < -0.4 is 16.0 Å². The van der Waals surface area contributed by atoms with E-state index in [0.717, 1.165) is 41.6 Å². The Labute approximate surface area is 165 Å². The van der Waals surface area contributed by atoms with E-state index >= 15 is 0 Å². The van der Waals surface area contributed by atoms with Crippen molar-refractivity contribution in [2.24, 2.45) is 5.73 Å². The van der Waals surface area contributed by atoms with Crippen LogP contribution in [0, 0.1) is 0 Å². The summed E-state index contributed by atoms with van der Waals surface area (Å²) < 4.78 is 0. The van der Waals surface area contributed by atoms with Crippen molar-refractivity contribution in [1.29, 1.82) is 0 Å². The number of rotatable bonds is 3. The number of nitrogens with one attached hydrogen (secondary N) is 1. The molecule has 6 heteroatoms. The van der Waals surface area contributed by atoms with Crippen LogP contribution in [0.2, 0.25) is 0 Å². The molecule has 2 amide bonds. The number of fused-ring (bicyclic) bond motifs is 2. The molecule has 1 aromatic heterocycles. The molecule has 0 saturated carbocycles. The average molecular weight is 378 g/mol. The quantitative estimate of drug-likeness (QED) is 0.859. The van der Waals surface area contributed by atoms with Gasteiger partial charge in [0.15, 0.2) is 0 Å². The van der Waals surface area contributed by atoms with Gasteiger partial charge in [0.1, 0.15) is 0 Å². The van der Waals surface area contributed by atoms with E-state index in [2.05, 4.69) is 22.4 Å². The molecule has 146 valence electrons. The number of hydrogen-bond acceptors (Lipinski definition) is 4. The number of nitrogens with zero attached hydrogens (tertiary/aromatic N) is 2. The van der Waals surface area contributed by atoms with Gasteiger partial charge in [0.2, 0.25) is 11.8 Å². The molecule has 0 bridgehead atoms. The number of carbonyl (C=O) groups is 2. The summed E-state index contributed by atoms with van der Waals surface area (Å²) in [5, 5.41) is 3.07. The third-order valence-corrected chi connectivity index (χ3v) is 5.95. The largest absolute Gasteiger partial charge is 0.348 e. The minimum absolute atomic E-state index is 0.000174. The minimum Gasteiger partial charge on any atom is -0.348 e. The molecule has 0 radical (unpaired) electrons. The lowest BCUT2D eigenvalue weighted by atomic mass is 9.81. The smallest absolute Gasteiger partial charge is 0.227 e. The van der Waals surface area contributed by atoms with E-state index in [0.29, 0.717) is 12.8 Å². The van der Waals surface area contributed by atoms with Gasteiger partial charge in [-0.05, 0) is 53.6 Å². The summed E-state index contributed by atoms with van der Waals surface area (Å²) in [6.07, 6.45) is 7.15. The molecule has 6 nitrogen and oxygen atoms in total. The van der Waals surface area contributed by atoms with Crippen LogP contribution in [-0.2, 0) is 22.4 Å². The van der Waals surface area contributed by atoms with Gasteiger partial charge >= 0.3 is 0 Å². The topological polar surface area (TPSA) is 88.3 Å². The van der Waals surface area contributed by atoms with Gasteiger partial charge in [-0.3, -0.25) is 14.6 Å². The number of aromatic nitrogens is 1. The number of benzene rings is 1. The maximum atomic E-state index is 12.0. The number of pyridine rings is 1. The van der Waals surface area contributed by atoms with Gasteiger partial charge in [-0.15, -0.1) is 0 Å². The van der Waals surface area contributed by atoms with Crippen molar-refractivity contribution in [2.75, 3.05) is 11.9 Å². The molecule has 2 atom stereocenters. The van der Waals surface area contributed by atoms with Gasteiger partial charge in [0, 0.05) is 49.6 Å². The van der Waals surface area contributed by atoms with E-state index in [4.69, 9.17) is 5.73 Å². The zero-order valence-electron chi connectivity index (χ0n) is 16.4. The Balaban J connectivity index is 1.75. The average Bonchev–Trinajstić information content (AvgIpc) is 2.72. The lowest BCUT2D eigenvalue weighted by molar-refractivity contribution is -0.121. The summed E-state index contributed by atoms with van der Waals surface area (Å²) in [5.41, 5.74) is 12.9. The molecule has 0 fully saturated rings. The molecule has 4 rings (SSSR count). The van der Waals surface area contributed by atoms with Crippen LogP contribution >= 0.6 is 0 Å². The van der Waals surface area contributed by atoms with E-state index < -0.39 is 0 Å². The predicted molar refractivity (Wildman–Crippen MR) is 109 cm³/mol. The summed E-state index contributed by atoms with van der Waals surface area (Å²) in [6.45, 7) is 1.84. The summed E-state index contributed by atoms with van der Waals surface area (Å²) >= 11 is 0. The Hall–Kier alpha value is -2.73. The van der Waals surface area contributed by atoms with E-state index in [1.54, 1.807) is 4.90 Å². The van der Waals surface area contributed by atoms with Crippen LogP contribution in [-0.4, -0.2) is 29.9 Å². The normalized spacial score (nSPS) is 21.1. The van der Waals surface area contributed by atoms with E-state index in [-0.39, 0.29) is 23.9 Å². The van der Waals surface area contributed by atoms with E-state index in [1.807, 2.05) is 32.4 Å². The first-order valence-corrected chi connectivity index (χ1v) is 9.91. The van der Waals surface area contributed by atoms with Gasteiger partial charge in [0.25, 0.3) is 0 Å². The van der Waals surface area contributed by atoms with Crippen LogP contribution in [0.3, 0.4) is 0 Å². The molecule has 0 saturated heterocycles. The third kappa shape index (κ3) is 3.18. The van der Waals surface area contributed by atoms with Crippen molar-refractivity contribution < 1.29 is 9.59 Å². The Morgan fingerprint density at radius 3 is 2.89 bits per heavy atom. The molecule has 0 spiro atoms. The van der Waals surface area contributed by atoms with Crippen LogP contribution in [0.5, 0.6) is 0 Å². The highest BCUT2D eigenvalue weighted by Crippen LogP contribution is 2.37. The second-order valence-corrected chi connectivity index (χ2v) is 7.65. The molecule has 2 aromatic rings. The molecule has 1 aromatic carbocycles. The summed E-state index contributed by atoms with van der Waals surface area (Å²) in [6, 6.07) is 5.93. The number of amides is 2. The monoisotopic (exact) mass is 378 g/mol. The molecule has 2 aliphatic rings. The van der Waals surface area contributed by atoms with Crippen molar-refractivity contribution in [1.82, 2.24) is 10.3 Å². The Morgan fingerprint density at radius 1 is 1.29 bits per heavy atom. The third-order valence-electron chi connectivity index (χ3n) is 5.95. The van der Waals surface area contributed by atoms with E-state index in [9.17, 15) is 9.59 Å². The SMILES string of the molecule is CCC(=O)N[C@@H]1c2cncc(-c3ccc4c(c3)CCC(=O)N4C)c2CC[C@@H]1N. The highest BCUT2D eigenvalue weighted by molar-refractivity contribution is 5.96. The fourth-order valence-corrected chi connectivity index (χ4v) is 4.29. The second-order valence-electron chi connectivity index (χ2n) is 7.65. The zero-order chi connectivity index (χ0) is 19.8.